The van der Waals surface area contributed by atoms with Crippen LogP contribution in [0.4, 0.5) is 20.6 Å². The number of urea groups is 1. The minimum Gasteiger partial charge on any atom is -0.351 e. The lowest BCUT2D eigenvalue weighted by molar-refractivity contribution is -0.111. The molecule has 9 nitrogen and oxygen atoms in total. The maximum Gasteiger partial charge on any atom is 0.316 e. The zero-order valence-electron chi connectivity index (χ0n) is 15.7. The summed E-state index contributed by atoms with van der Waals surface area (Å²) in [5, 5.41) is 9.61. The van der Waals surface area contributed by atoms with Crippen LogP contribution in [0.3, 0.4) is 0 Å². The second-order valence-corrected chi connectivity index (χ2v) is 6.55. The molecule has 2 aromatic heterocycles. The van der Waals surface area contributed by atoms with E-state index in [0.717, 1.165) is 11.5 Å². The molecule has 0 aliphatic rings. The van der Waals surface area contributed by atoms with Crippen LogP contribution < -0.4 is 21.9 Å². The van der Waals surface area contributed by atoms with Gasteiger partial charge in [-0.1, -0.05) is 0 Å². The molecule has 0 radical (unpaired) electrons. The van der Waals surface area contributed by atoms with Crippen LogP contribution in [-0.2, 0) is 4.79 Å². The Morgan fingerprint density at radius 2 is 2.03 bits per heavy atom. The lowest BCUT2D eigenvalue weighted by Crippen LogP contribution is -2.20. The third-order valence-electron chi connectivity index (χ3n) is 4.02. The average molecular weight is 398 g/mol. The molecule has 3 amide bonds. The predicted octanol–water partition coefficient (Wildman–Crippen LogP) is 2.59. The monoisotopic (exact) mass is 398 g/mol. The van der Waals surface area contributed by atoms with Crippen LogP contribution in [0.15, 0.2) is 41.3 Å². The summed E-state index contributed by atoms with van der Waals surface area (Å²) in [6, 6.07) is 4.42. The van der Waals surface area contributed by atoms with Crippen molar-refractivity contribution >= 4 is 40.4 Å². The zero-order valence-corrected chi connectivity index (χ0v) is 15.7. The molecular weight excluding hydrogens is 379 g/mol. The largest absolute Gasteiger partial charge is 0.351 e. The number of amides is 3. The summed E-state index contributed by atoms with van der Waals surface area (Å²) in [5.74, 6) is -1.24. The van der Waals surface area contributed by atoms with Gasteiger partial charge in [0.2, 0.25) is 5.91 Å². The van der Waals surface area contributed by atoms with Crippen LogP contribution in [0.2, 0.25) is 0 Å². The van der Waals surface area contributed by atoms with Crippen LogP contribution in [0, 0.1) is 5.82 Å². The number of primary amides is 1. The third kappa shape index (κ3) is 4.49. The molecule has 0 saturated carbocycles. The molecule has 2 heterocycles. The van der Waals surface area contributed by atoms with Crippen molar-refractivity contribution in [3.63, 3.8) is 0 Å². The Bertz CT molecular complexity index is 1180. The van der Waals surface area contributed by atoms with E-state index in [1.54, 1.807) is 16.9 Å². The Labute approximate surface area is 164 Å². The summed E-state index contributed by atoms with van der Waals surface area (Å²) in [4.78, 5) is 38.1. The summed E-state index contributed by atoms with van der Waals surface area (Å²) in [6.07, 6.45) is 4.18. The Hall–Kier alpha value is -3.95. The molecule has 150 valence electrons. The van der Waals surface area contributed by atoms with Crippen LogP contribution in [0.1, 0.15) is 25.5 Å². The predicted molar refractivity (Wildman–Crippen MR) is 108 cm³/mol. The smallest absolute Gasteiger partial charge is 0.316 e. The molecule has 3 aromatic rings. The van der Waals surface area contributed by atoms with E-state index < -0.39 is 17.8 Å². The van der Waals surface area contributed by atoms with Gasteiger partial charge in [0.1, 0.15) is 11.5 Å². The van der Waals surface area contributed by atoms with Crippen molar-refractivity contribution < 1.29 is 14.0 Å². The molecule has 10 heteroatoms. The summed E-state index contributed by atoms with van der Waals surface area (Å²) < 4.78 is 15.3. The first-order chi connectivity index (χ1) is 13.7. The molecule has 0 aliphatic heterocycles. The molecular formula is C19H19FN6O3. The fourth-order valence-corrected chi connectivity index (χ4v) is 2.72. The molecule has 0 bridgehead atoms. The lowest BCUT2D eigenvalue weighted by Gasteiger charge is -2.07. The Morgan fingerprint density at radius 3 is 2.72 bits per heavy atom. The van der Waals surface area contributed by atoms with Crippen molar-refractivity contribution in [3.05, 3.63) is 58.3 Å². The van der Waals surface area contributed by atoms with E-state index in [9.17, 15) is 18.8 Å². The number of rotatable bonds is 5. The number of H-pyrrole nitrogens is 1. The fourth-order valence-electron chi connectivity index (χ4n) is 2.72. The van der Waals surface area contributed by atoms with Gasteiger partial charge < -0.3 is 21.4 Å². The quantitative estimate of drug-likeness (QED) is 0.491. The molecule has 29 heavy (non-hydrogen) atoms. The molecule has 1 aromatic carbocycles. The summed E-state index contributed by atoms with van der Waals surface area (Å²) in [7, 11) is 0. The van der Waals surface area contributed by atoms with Crippen molar-refractivity contribution in [2.75, 3.05) is 10.6 Å². The van der Waals surface area contributed by atoms with Gasteiger partial charge in [-0.2, -0.15) is 5.10 Å². The highest BCUT2D eigenvalue weighted by Crippen LogP contribution is 2.20. The number of anilines is 2. The van der Waals surface area contributed by atoms with Gasteiger partial charge in [0.25, 0.3) is 5.56 Å². The standard InChI is InChI=1S/C19H19FN6O3/c1-10(2)26-17-12(9-22-26)7-11(18(28)25-17)3-6-16(27)23-13-4-5-14(20)15(8-13)24-19(21)29/h3-10H,1-2H3,(H,23,27)(H,25,28)(H3,21,24,29)/b6-3+. The Balaban J connectivity index is 1.78. The summed E-state index contributed by atoms with van der Waals surface area (Å²) in [6.45, 7) is 3.89. The topological polar surface area (TPSA) is 135 Å². The highest BCUT2D eigenvalue weighted by atomic mass is 19.1. The van der Waals surface area contributed by atoms with Gasteiger partial charge in [0.05, 0.1) is 11.9 Å². The number of aromatic nitrogens is 3. The third-order valence-corrected chi connectivity index (χ3v) is 4.02. The highest BCUT2D eigenvalue weighted by Gasteiger charge is 2.10. The van der Waals surface area contributed by atoms with E-state index in [1.165, 1.54) is 24.3 Å². The SMILES string of the molecule is CC(C)n1ncc2cc(/C=C/C(=O)Nc3ccc(F)c(NC(N)=O)c3)c(=O)[nH]c21. The molecule has 0 saturated heterocycles. The van der Waals surface area contributed by atoms with Crippen molar-refractivity contribution in [2.45, 2.75) is 19.9 Å². The van der Waals surface area contributed by atoms with Gasteiger partial charge in [-0.15, -0.1) is 0 Å². The van der Waals surface area contributed by atoms with Crippen molar-refractivity contribution in [1.82, 2.24) is 14.8 Å². The van der Waals surface area contributed by atoms with Gasteiger partial charge in [-0.05, 0) is 44.2 Å². The highest BCUT2D eigenvalue weighted by molar-refractivity contribution is 6.02. The number of hydrogen-bond donors (Lipinski definition) is 4. The zero-order chi connectivity index (χ0) is 21.1. The van der Waals surface area contributed by atoms with Gasteiger partial charge in [-0.25, -0.2) is 13.9 Å². The number of hydrogen-bond acceptors (Lipinski definition) is 4. The molecule has 0 atom stereocenters. The van der Waals surface area contributed by atoms with E-state index in [-0.39, 0.29) is 28.5 Å². The summed E-state index contributed by atoms with van der Waals surface area (Å²) in [5.41, 5.74) is 5.58. The van der Waals surface area contributed by atoms with Crippen molar-refractivity contribution in [2.24, 2.45) is 5.73 Å². The Morgan fingerprint density at radius 1 is 1.28 bits per heavy atom. The first kappa shape index (κ1) is 19.8. The molecule has 0 unspecified atom stereocenters. The lowest BCUT2D eigenvalue weighted by atomic mass is 10.2. The fraction of sp³-hybridized carbons (Fsp3) is 0.158. The minimum atomic E-state index is -0.928. The summed E-state index contributed by atoms with van der Waals surface area (Å²) >= 11 is 0. The second-order valence-electron chi connectivity index (χ2n) is 6.55. The number of nitrogens with two attached hydrogens (primary N) is 1. The number of benzene rings is 1. The minimum absolute atomic E-state index is 0.0833. The number of nitrogens with zero attached hydrogens (tertiary/aromatic N) is 2. The average Bonchev–Trinajstić information content (AvgIpc) is 3.05. The van der Waals surface area contributed by atoms with E-state index in [4.69, 9.17) is 5.73 Å². The molecule has 0 aliphatic carbocycles. The first-order valence-electron chi connectivity index (χ1n) is 8.70. The van der Waals surface area contributed by atoms with Crippen LogP contribution >= 0.6 is 0 Å². The van der Waals surface area contributed by atoms with E-state index in [0.29, 0.717) is 5.65 Å². The normalized spacial score (nSPS) is 11.3. The second kappa shape index (κ2) is 7.97. The van der Waals surface area contributed by atoms with Crippen molar-refractivity contribution in [3.8, 4) is 0 Å². The molecule has 5 N–H and O–H groups in total. The Kier molecular flexibility index (Phi) is 5.44. The van der Waals surface area contributed by atoms with Crippen LogP contribution in [0.25, 0.3) is 17.1 Å². The first-order valence-corrected chi connectivity index (χ1v) is 8.70. The van der Waals surface area contributed by atoms with E-state index >= 15 is 0 Å². The number of nitrogens with one attached hydrogen (secondary N) is 3. The van der Waals surface area contributed by atoms with E-state index in [1.807, 2.05) is 13.8 Å². The van der Waals surface area contributed by atoms with Gasteiger partial charge in [-0.3, -0.25) is 9.59 Å². The molecule has 0 fully saturated rings. The van der Waals surface area contributed by atoms with Crippen molar-refractivity contribution in [1.29, 1.82) is 0 Å². The molecule has 0 spiro atoms. The van der Waals surface area contributed by atoms with E-state index in [2.05, 4.69) is 20.7 Å². The number of pyridine rings is 1. The van der Waals surface area contributed by atoms with Gasteiger partial charge >= 0.3 is 6.03 Å². The van der Waals surface area contributed by atoms with Crippen LogP contribution in [0.5, 0.6) is 0 Å². The number of aromatic amines is 1. The molecule has 3 rings (SSSR count). The van der Waals surface area contributed by atoms with Crippen LogP contribution in [-0.4, -0.2) is 26.7 Å². The number of halogens is 1. The maximum absolute atomic E-state index is 13.6. The van der Waals surface area contributed by atoms with Gasteiger partial charge in [0, 0.05) is 28.8 Å². The maximum atomic E-state index is 13.6. The van der Waals surface area contributed by atoms with Gasteiger partial charge in [0.15, 0.2) is 0 Å². The number of carbonyl (C=O) groups excluding carboxylic acids is 2. The number of fused-ring (bicyclic) bond motifs is 1. The number of carbonyl (C=O) groups is 2.